The quantitative estimate of drug-likeness (QED) is 0.237. The molecule has 5 nitrogen and oxygen atoms in total. The summed E-state index contributed by atoms with van der Waals surface area (Å²) in [6, 6.07) is 22.1. The zero-order valence-corrected chi connectivity index (χ0v) is 17.1. The van der Waals surface area contributed by atoms with Crippen LogP contribution in [0.15, 0.2) is 83.3 Å². The molecule has 0 aliphatic heterocycles. The van der Waals surface area contributed by atoms with Gasteiger partial charge in [-0.3, -0.25) is 4.79 Å². The molecule has 0 amide bonds. The van der Waals surface area contributed by atoms with E-state index in [2.05, 4.69) is 4.74 Å². The Bertz CT molecular complexity index is 1270. The van der Waals surface area contributed by atoms with Gasteiger partial charge in [0, 0.05) is 22.6 Å². The third kappa shape index (κ3) is 3.98. The molecule has 1 aromatic heterocycles. The van der Waals surface area contributed by atoms with E-state index in [1.165, 1.54) is 20.3 Å². The van der Waals surface area contributed by atoms with Crippen molar-refractivity contribution in [3.63, 3.8) is 0 Å². The van der Waals surface area contributed by atoms with E-state index in [-0.39, 0.29) is 5.78 Å². The number of benzene rings is 3. The predicted molar refractivity (Wildman–Crippen MR) is 119 cm³/mol. The third-order valence-corrected chi connectivity index (χ3v) is 4.91. The maximum absolute atomic E-state index is 13.5. The molecule has 5 heteroatoms. The number of rotatable bonds is 6. The van der Waals surface area contributed by atoms with Crippen molar-refractivity contribution in [1.82, 2.24) is 0 Å². The first-order chi connectivity index (χ1) is 15.1. The minimum Gasteiger partial charge on any atom is -0.493 e. The Morgan fingerprint density at radius 2 is 1.58 bits per heavy atom. The van der Waals surface area contributed by atoms with E-state index >= 15 is 0 Å². The number of ketones is 1. The van der Waals surface area contributed by atoms with Gasteiger partial charge in [-0.05, 0) is 23.8 Å². The summed E-state index contributed by atoms with van der Waals surface area (Å²) in [6.45, 7) is 0. The van der Waals surface area contributed by atoms with Crippen LogP contribution in [0.1, 0.15) is 21.5 Å². The number of ether oxygens (including phenoxy) is 2. The maximum atomic E-state index is 13.5. The molecule has 0 fully saturated rings. The number of hydrogen-bond acceptors (Lipinski definition) is 5. The van der Waals surface area contributed by atoms with E-state index in [1.807, 2.05) is 54.6 Å². The summed E-state index contributed by atoms with van der Waals surface area (Å²) in [5, 5.41) is 0.608. The predicted octanol–water partition coefficient (Wildman–Crippen LogP) is 5.53. The van der Waals surface area contributed by atoms with Crippen molar-refractivity contribution in [2.45, 2.75) is 0 Å². The summed E-state index contributed by atoms with van der Waals surface area (Å²) in [5.41, 5.74) is 2.93. The van der Waals surface area contributed by atoms with E-state index in [0.717, 1.165) is 5.56 Å². The van der Waals surface area contributed by atoms with Gasteiger partial charge in [0.25, 0.3) is 0 Å². The van der Waals surface area contributed by atoms with Gasteiger partial charge in [0.05, 0.1) is 19.8 Å². The molecule has 0 bridgehead atoms. The van der Waals surface area contributed by atoms with E-state index < -0.39 is 5.97 Å². The first-order valence-corrected chi connectivity index (χ1v) is 9.68. The smallest absolute Gasteiger partial charge is 0.330 e. The first-order valence-electron chi connectivity index (χ1n) is 9.68. The van der Waals surface area contributed by atoms with Crippen molar-refractivity contribution in [3.8, 4) is 17.1 Å². The fourth-order valence-electron chi connectivity index (χ4n) is 3.42. The molecule has 4 rings (SSSR count). The molecular formula is C26H20O5. The fourth-order valence-corrected chi connectivity index (χ4v) is 3.42. The molecule has 0 saturated carbocycles. The van der Waals surface area contributed by atoms with Gasteiger partial charge >= 0.3 is 5.97 Å². The lowest BCUT2D eigenvalue weighted by Crippen LogP contribution is -2.02. The molecule has 3 aromatic carbocycles. The molecule has 0 atom stereocenters. The van der Waals surface area contributed by atoms with Crippen molar-refractivity contribution in [3.05, 3.63) is 95.6 Å². The second kappa shape index (κ2) is 8.71. The van der Waals surface area contributed by atoms with Gasteiger partial charge in [0.1, 0.15) is 5.76 Å². The van der Waals surface area contributed by atoms with Crippen LogP contribution in [-0.2, 0) is 9.53 Å². The van der Waals surface area contributed by atoms with Crippen LogP contribution >= 0.6 is 0 Å². The molecule has 0 saturated heterocycles. The summed E-state index contributed by atoms with van der Waals surface area (Å²) >= 11 is 0. The van der Waals surface area contributed by atoms with Crippen LogP contribution in [0.5, 0.6) is 5.75 Å². The normalized spacial score (nSPS) is 11.0. The summed E-state index contributed by atoms with van der Waals surface area (Å²) in [7, 11) is 2.85. The highest BCUT2D eigenvalue weighted by molar-refractivity contribution is 6.20. The Kier molecular flexibility index (Phi) is 5.67. The highest BCUT2D eigenvalue weighted by atomic mass is 16.5. The minimum atomic E-state index is -0.475. The molecule has 0 aliphatic rings. The van der Waals surface area contributed by atoms with Crippen LogP contribution in [0.25, 0.3) is 28.4 Å². The molecular weight excluding hydrogens is 392 g/mol. The topological polar surface area (TPSA) is 65.7 Å². The highest BCUT2D eigenvalue weighted by Crippen LogP contribution is 2.40. The van der Waals surface area contributed by atoms with Crippen LogP contribution in [0.4, 0.5) is 0 Å². The Morgan fingerprint density at radius 3 is 2.23 bits per heavy atom. The van der Waals surface area contributed by atoms with Crippen LogP contribution in [-0.4, -0.2) is 26.0 Å². The molecule has 4 aromatic rings. The molecule has 1 heterocycles. The fraction of sp³-hybridized carbons (Fsp3) is 0.0769. The van der Waals surface area contributed by atoms with Gasteiger partial charge < -0.3 is 13.9 Å². The molecule has 0 radical (unpaired) electrons. The van der Waals surface area contributed by atoms with Crippen molar-refractivity contribution >= 4 is 28.8 Å². The van der Waals surface area contributed by atoms with E-state index in [1.54, 1.807) is 24.3 Å². The van der Waals surface area contributed by atoms with Crippen molar-refractivity contribution in [2.24, 2.45) is 0 Å². The number of fused-ring (bicyclic) bond motifs is 1. The highest BCUT2D eigenvalue weighted by Gasteiger charge is 2.25. The Hall–Kier alpha value is -4.12. The van der Waals surface area contributed by atoms with Crippen LogP contribution in [0.3, 0.4) is 0 Å². The number of methoxy groups -OCH3 is 2. The third-order valence-electron chi connectivity index (χ3n) is 4.91. The number of esters is 1. The lowest BCUT2D eigenvalue weighted by atomic mass is 9.96. The van der Waals surface area contributed by atoms with Gasteiger partial charge in [-0.2, -0.15) is 0 Å². The average molecular weight is 412 g/mol. The molecule has 0 unspecified atom stereocenters. The van der Waals surface area contributed by atoms with Crippen LogP contribution < -0.4 is 4.74 Å². The lowest BCUT2D eigenvalue weighted by molar-refractivity contribution is -0.134. The SMILES string of the molecule is COC(=O)C=Cc1cc(OC)c2oc(-c3ccccc3)c(C(=O)c3ccccc3)c2c1. The second-order valence-corrected chi connectivity index (χ2v) is 6.82. The minimum absolute atomic E-state index is 0.158. The van der Waals surface area contributed by atoms with E-state index in [4.69, 9.17) is 9.15 Å². The summed E-state index contributed by atoms with van der Waals surface area (Å²) in [4.78, 5) is 25.1. The molecule has 0 spiro atoms. The first kappa shape index (κ1) is 20.2. The largest absolute Gasteiger partial charge is 0.493 e. The average Bonchev–Trinajstić information content (AvgIpc) is 3.22. The van der Waals surface area contributed by atoms with Crippen molar-refractivity contribution < 1.29 is 23.5 Å². The standard InChI is InChI=1S/C26H20O5/c1-29-21-16-17(13-14-22(27)30-2)15-20-23(24(28)18-9-5-3-6-10-18)25(31-26(20)21)19-11-7-4-8-12-19/h3-16H,1-2H3. The number of carbonyl (C=O) groups excluding carboxylic acids is 2. The van der Waals surface area contributed by atoms with Crippen molar-refractivity contribution in [2.75, 3.05) is 14.2 Å². The number of furan rings is 1. The zero-order chi connectivity index (χ0) is 21.8. The number of carbonyl (C=O) groups is 2. The molecule has 0 aliphatic carbocycles. The maximum Gasteiger partial charge on any atom is 0.330 e. The van der Waals surface area contributed by atoms with Crippen molar-refractivity contribution in [1.29, 1.82) is 0 Å². The van der Waals surface area contributed by atoms with Crippen LogP contribution in [0.2, 0.25) is 0 Å². The number of hydrogen-bond donors (Lipinski definition) is 0. The van der Waals surface area contributed by atoms with Gasteiger partial charge in [0.2, 0.25) is 0 Å². The van der Waals surface area contributed by atoms with E-state index in [9.17, 15) is 9.59 Å². The van der Waals surface area contributed by atoms with Gasteiger partial charge in [-0.1, -0.05) is 60.7 Å². The zero-order valence-electron chi connectivity index (χ0n) is 17.1. The monoisotopic (exact) mass is 412 g/mol. The Balaban J connectivity index is 1.99. The Labute approximate surface area is 179 Å². The summed E-state index contributed by atoms with van der Waals surface area (Å²) in [6.07, 6.45) is 2.93. The van der Waals surface area contributed by atoms with Gasteiger partial charge in [-0.25, -0.2) is 4.79 Å². The summed E-state index contributed by atoms with van der Waals surface area (Å²) in [5.74, 6) is 0.300. The van der Waals surface area contributed by atoms with Gasteiger partial charge in [-0.15, -0.1) is 0 Å². The van der Waals surface area contributed by atoms with Gasteiger partial charge in [0.15, 0.2) is 17.1 Å². The molecule has 31 heavy (non-hydrogen) atoms. The summed E-state index contributed by atoms with van der Waals surface area (Å²) < 4.78 is 16.4. The van der Waals surface area contributed by atoms with E-state index in [0.29, 0.717) is 39.2 Å². The Morgan fingerprint density at radius 1 is 0.903 bits per heavy atom. The second-order valence-electron chi connectivity index (χ2n) is 6.82. The molecule has 0 N–H and O–H groups in total. The van der Waals surface area contributed by atoms with Crippen LogP contribution in [0, 0.1) is 0 Å². The molecule has 154 valence electrons. The lowest BCUT2D eigenvalue weighted by Gasteiger charge is -2.05.